The molecule has 1 aliphatic rings. The summed E-state index contributed by atoms with van der Waals surface area (Å²) in [4.78, 5) is 22.6. The molecule has 4 N–H and O–H groups in total. The zero-order chi connectivity index (χ0) is 14.0. The largest absolute Gasteiger partial charge is 0.503 e. The number of rotatable bonds is 3. The van der Waals surface area contributed by atoms with Crippen LogP contribution in [0.15, 0.2) is 17.0 Å². The second-order valence-electron chi connectivity index (χ2n) is 3.58. The van der Waals surface area contributed by atoms with Crippen LogP contribution >= 0.6 is 11.8 Å². The number of thioether (sulfide) groups is 1. The third kappa shape index (κ3) is 2.64. The first-order valence-electron chi connectivity index (χ1n) is 5.11. The fourth-order valence-electron chi connectivity index (χ4n) is 1.53. The second kappa shape index (κ2) is 5.21. The standard InChI is InChI=1S/C11H10N2O5S/c1-18-7-3-5(2-6(13-17)9(7)14)4-8-10(15)12-11(16)19-8/h2-4,13-14,17H,1H3,(H,12,15,16)/b8-4-. The molecule has 7 nitrogen and oxygen atoms in total. The molecule has 2 rings (SSSR count). The van der Waals surface area contributed by atoms with Crippen LogP contribution < -0.4 is 15.5 Å². The van der Waals surface area contributed by atoms with Gasteiger partial charge in [-0.1, -0.05) is 0 Å². The molecule has 1 heterocycles. The van der Waals surface area contributed by atoms with E-state index in [1.165, 1.54) is 25.3 Å². The highest BCUT2D eigenvalue weighted by atomic mass is 32.2. The summed E-state index contributed by atoms with van der Waals surface area (Å²) in [6, 6.07) is 2.88. The van der Waals surface area contributed by atoms with Crippen molar-refractivity contribution in [2.45, 2.75) is 0 Å². The fraction of sp³-hybridized carbons (Fsp3) is 0.0909. The highest BCUT2D eigenvalue weighted by Gasteiger charge is 2.25. The first-order chi connectivity index (χ1) is 9.05. The maximum atomic E-state index is 11.4. The van der Waals surface area contributed by atoms with Gasteiger partial charge in [0.1, 0.15) is 5.69 Å². The Morgan fingerprint density at radius 1 is 1.42 bits per heavy atom. The number of nitrogens with one attached hydrogen (secondary N) is 2. The number of hydrogen-bond donors (Lipinski definition) is 4. The van der Waals surface area contributed by atoms with E-state index in [1.54, 1.807) is 0 Å². The van der Waals surface area contributed by atoms with Gasteiger partial charge in [-0.05, 0) is 35.5 Å². The van der Waals surface area contributed by atoms with Gasteiger partial charge in [0, 0.05) is 0 Å². The molecule has 0 unspecified atom stereocenters. The minimum atomic E-state index is -0.486. The number of methoxy groups -OCH3 is 1. The number of carbonyl (C=O) groups excluding carboxylic acids is 2. The van der Waals surface area contributed by atoms with Crippen LogP contribution in [0.5, 0.6) is 11.5 Å². The number of amides is 2. The number of phenols is 1. The number of hydrogen-bond acceptors (Lipinski definition) is 7. The first kappa shape index (κ1) is 13.2. The quantitative estimate of drug-likeness (QED) is 0.378. The lowest BCUT2D eigenvalue weighted by Gasteiger charge is -2.09. The van der Waals surface area contributed by atoms with Gasteiger partial charge >= 0.3 is 0 Å². The molecule has 1 aromatic carbocycles. The summed E-state index contributed by atoms with van der Waals surface area (Å²) in [5, 5.41) is 20.2. The average Bonchev–Trinajstić information content (AvgIpc) is 2.69. The van der Waals surface area contributed by atoms with Gasteiger partial charge < -0.3 is 9.84 Å². The monoisotopic (exact) mass is 282 g/mol. The maximum absolute atomic E-state index is 11.4. The third-order valence-electron chi connectivity index (χ3n) is 2.38. The summed E-state index contributed by atoms with van der Waals surface area (Å²) in [7, 11) is 1.35. The molecule has 0 radical (unpaired) electrons. The number of benzene rings is 1. The van der Waals surface area contributed by atoms with Gasteiger partial charge in [0.25, 0.3) is 11.1 Å². The second-order valence-corrected chi connectivity index (χ2v) is 4.60. The van der Waals surface area contributed by atoms with Crippen molar-refractivity contribution < 1.29 is 24.6 Å². The SMILES string of the molecule is COc1cc(/C=C2\SC(=O)NC2=O)cc(NO)c1O. The number of phenolic OH excluding ortho intramolecular Hbond substituents is 1. The van der Waals surface area contributed by atoms with E-state index in [-0.39, 0.29) is 22.1 Å². The zero-order valence-corrected chi connectivity index (χ0v) is 10.6. The molecule has 0 aromatic heterocycles. The molecule has 0 bridgehead atoms. The van der Waals surface area contributed by atoms with E-state index < -0.39 is 11.1 Å². The van der Waals surface area contributed by atoms with Crippen LogP contribution in [0.1, 0.15) is 5.56 Å². The van der Waals surface area contributed by atoms with Gasteiger partial charge in [-0.2, -0.15) is 0 Å². The van der Waals surface area contributed by atoms with Crippen molar-refractivity contribution in [1.29, 1.82) is 0 Å². The van der Waals surface area contributed by atoms with Crippen molar-refractivity contribution >= 4 is 34.7 Å². The van der Waals surface area contributed by atoms with Gasteiger partial charge in [-0.25, -0.2) is 0 Å². The summed E-state index contributed by atoms with van der Waals surface area (Å²) >= 11 is 0.775. The molecule has 1 aliphatic heterocycles. The maximum Gasteiger partial charge on any atom is 0.290 e. The Morgan fingerprint density at radius 2 is 2.16 bits per heavy atom. The van der Waals surface area contributed by atoms with Crippen LogP contribution in [-0.4, -0.2) is 28.6 Å². The van der Waals surface area contributed by atoms with Crippen molar-refractivity contribution in [1.82, 2.24) is 5.32 Å². The van der Waals surface area contributed by atoms with Gasteiger partial charge in [0.15, 0.2) is 11.5 Å². The summed E-state index contributed by atoms with van der Waals surface area (Å²) in [5.74, 6) is -0.618. The summed E-state index contributed by atoms with van der Waals surface area (Å²) in [6.07, 6.45) is 1.45. The summed E-state index contributed by atoms with van der Waals surface area (Å²) in [5.41, 5.74) is 2.34. The van der Waals surface area contributed by atoms with E-state index in [4.69, 9.17) is 9.94 Å². The van der Waals surface area contributed by atoms with E-state index in [9.17, 15) is 14.7 Å². The van der Waals surface area contributed by atoms with Crippen LogP contribution in [0, 0.1) is 0 Å². The van der Waals surface area contributed by atoms with E-state index >= 15 is 0 Å². The Morgan fingerprint density at radius 3 is 2.68 bits per heavy atom. The minimum absolute atomic E-state index is 0.0286. The van der Waals surface area contributed by atoms with E-state index in [2.05, 4.69) is 5.32 Å². The molecule has 1 fully saturated rings. The molecular formula is C11H10N2O5S. The molecule has 2 amide bonds. The van der Waals surface area contributed by atoms with E-state index in [0.717, 1.165) is 11.8 Å². The Bertz CT molecular complexity index is 559. The minimum Gasteiger partial charge on any atom is -0.503 e. The van der Waals surface area contributed by atoms with E-state index in [0.29, 0.717) is 5.56 Å². The van der Waals surface area contributed by atoms with Crippen molar-refractivity contribution in [3.8, 4) is 11.5 Å². The van der Waals surface area contributed by atoms with Gasteiger partial charge in [-0.3, -0.25) is 25.6 Å². The van der Waals surface area contributed by atoms with Crippen LogP contribution in [0.25, 0.3) is 6.08 Å². The predicted octanol–water partition coefficient (Wildman–Crippen LogP) is 1.53. The van der Waals surface area contributed by atoms with Crippen molar-refractivity contribution in [3.05, 3.63) is 22.6 Å². The predicted molar refractivity (Wildman–Crippen MR) is 69.2 cm³/mol. The number of imide groups is 1. The van der Waals surface area contributed by atoms with Gasteiger partial charge in [0.05, 0.1) is 12.0 Å². The van der Waals surface area contributed by atoms with Crippen LogP contribution in [0.4, 0.5) is 10.5 Å². The molecule has 0 spiro atoms. The van der Waals surface area contributed by atoms with Crippen molar-refractivity contribution in [2.75, 3.05) is 12.6 Å². The molecule has 0 atom stereocenters. The Labute approximate surface area is 112 Å². The molecule has 1 saturated heterocycles. The summed E-state index contributed by atoms with van der Waals surface area (Å²) in [6.45, 7) is 0. The molecule has 0 aliphatic carbocycles. The molecule has 8 heteroatoms. The highest BCUT2D eigenvalue weighted by molar-refractivity contribution is 8.18. The zero-order valence-electron chi connectivity index (χ0n) is 9.76. The van der Waals surface area contributed by atoms with Crippen LogP contribution in [0.2, 0.25) is 0 Å². The van der Waals surface area contributed by atoms with E-state index in [1.807, 2.05) is 5.48 Å². The Kier molecular flexibility index (Phi) is 3.63. The summed E-state index contributed by atoms with van der Waals surface area (Å²) < 4.78 is 4.94. The van der Waals surface area contributed by atoms with Crippen LogP contribution in [0.3, 0.4) is 0 Å². The molecule has 1 aromatic rings. The number of carbonyl (C=O) groups is 2. The average molecular weight is 282 g/mol. The normalized spacial score (nSPS) is 16.6. The highest BCUT2D eigenvalue weighted by Crippen LogP contribution is 2.36. The lowest BCUT2D eigenvalue weighted by atomic mass is 10.1. The van der Waals surface area contributed by atoms with Crippen LogP contribution in [-0.2, 0) is 4.79 Å². The lowest BCUT2D eigenvalue weighted by Crippen LogP contribution is -2.17. The number of ether oxygens (including phenoxy) is 1. The lowest BCUT2D eigenvalue weighted by molar-refractivity contribution is -0.115. The first-order valence-corrected chi connectivity index (χ1v) is 5.92. The molecule has 0 saturated carbocycles. The topological polar surface area (TPSA) is 108 Å². The Hall–Kier alpha value is -2.19. The number of anilines is 1. The van der Waals surface area contributed by atoms with Crippen molar-refractivity contribution in [2.24, 2.45) is 0 Å². The smallest absolute Gasteiger partial charge is 0.290 e. The molecule has 19 heavy (non-hydrogen) atoms. The molecular weight excluding hydrogens is 272 g/mol. The molecule has 100 valence electrons. The van der Waals surface area contributed by atoms with Gasteiger partial charge in [-0.15, -0.1) is 0 Å². The number of aromatic hydroxyl groups is 1. The third-order valence-corrected chi connectivity index (χ3v) is 3.19. The van der Waals surface area contributed by atoms with Crippen molar-refractivity contribution in [3.63, 3.8) is 0 Å². The fourth-order valence-corrected chi connectivity index (χ4v) is 2.21. The Balaban J connectivity index is 2.43. The van der Waals surface area contributed by atoms with Gasteiger partial charge in [0.2, 0.25) is 0 Å².